The van der Waals surface area contributed by atoms with Crippen molar-refractivity contribution in [1.29, 1.82) is 0 Å². The molecule has 0 radical (unpaired) electrons. The van der Waals surface area contributed by atoms with Crippen LogP contribution in [0.25, 0.3) is 32.9 Å². The number of fused-ring (bicyclic) bond motifs is 3. The Morgan fingerprint density at radius 1 is 0.971 bits per heavy atom. The normalized spacial score (nSPS) is 15.1. The van der Waals surface area contributed by atoms with Crippen LogP contribution in [-0.4, -0.2) is 47.9 Å². The van der Waals surface area contributed by atoms with Crippen molar-refractivity contribution in [3.05, 3.63) is 69.7 Å². The SMILES string of the molecule is CN1CCC(NC(=O)c2ccc3[nH]c4c(C(N)=O)cc(-c5ccc(Cl)c(Cl)c5)cc4c3c2)CC1. The van der Waals surface area contributed by atoms with Crippen LogP contribution in [0.1, 0.15) is 33.6 Å². The standard InChI is InChI=1S/C26H24Cl2N4O2/c1-32-8-6-17(7-9-32)30-26(34)15-3-5-23-18(10-15)19-11-16(12-20(25(29)33)24(19)31-23)14-2-4-21(27)22(28)13-14/h2-5,10-13,17,31H,6-9H2,1H3,(H2,29,33)(H,30,34). The maximum Gasteiger partial charge on any atom is 0.251 e. The van der Waals surface area contributed by atoms with Crippen LogP contribution in [0.15, 0.2) is 48.5 Å². The van der Waals surface area contributed by atoms with Crippen LogP contribution >= 0.6 is 23.2 Å². The predicted octanol–water partition coefficient (Wildman–Crippen LogP) is 5.22. The lowest BCUT2D eigenvalue weighted by molar-refractivity contribution is 0.0916. The van der Waals surface area contributed by atoms with Gasteiger partial charge < -0.3 is 20.9 Å². The number of halogens is 2. The van der Waals surface area contributed by atoms with Gasteiger partial charge in [-0.25, -0.2) is 0 Å². The summed E-state index contributed by atoms with van der Waals surface area (Å²) in [5.41, 5.74) is 9.71. The van der Waals surface area contributed by atoms with Gasteiger partial charge in [-0.2, -0.15) is 0 Å². The molecule has 174 valence electrons. The number of nitrogens with zero attached hydrogens (tertiary/aromatic N) is 1. The Hall–Kier alpha value is -3.06. The van der Waals surface area contributed by atoms with Crippen LogP contribution in [0.2, 0.25) is 10.0 Å². The van der Waals surface area contributed by atoms with Crippen LogP contribution in [0, 0.1) is 0 Å². The topological polar surface area (TPSA) is 91.2 Å². The zero-order chi connectivity index (χ0) is 24.0. The number of nitrogens with one attached hydrogen (secondary N) is 2. The second-order valence-electron chi connectivity index (χ2n) is 8.88. The maximum absolute atomic E-state index is 13.0. The van der Waals surface area contributed by atoms with E-state index < -0.39 is 5.91 Å². The third-order valence-corrected chi connectivity index (χ3v) is 7.28. The number of primary amides is 1. The van der Waals surface area contributed by atoms with E-state index in [1.165, 1.54) is 0 Å². The predicted molar refractivity (Wildman–Crippen MR) is 138 cm³/mol. The monoisotopic (exact) mass is 494 g/mol. The van der Waals surface area contributed by atoms with E-state index in [-0.39, 0.29) is 11.9 Å². The fourth-order valence-corrected chi connectivity index (χ4v) is 4.90. The number of amides is 2. The van der Waals surface area contributed by atoms with E-state index in [4.69, 9.17) is 28.9 Å². The molecule has 8 heteroatoms. The van der Waals surface area contributed by atoms with Gasteiger partial charge in [-0.3, -0.25) is 9.59 Å². The average Bonchev–Trinajstić information content (AvgIpc) is 3.19. The summed E-state index contributed by atoms with van der Waals surface area (Å²) in [5, 5.41) is 5.69. The van der Waals surface area contributed by atoms with Crippen LogP contribution < -0.4 is 11.1 Å². The lowest BCUT2D eigenvalue weighted by Crippen LogP contribution is -2.43. The third-order valence-electron chi connectivity index (χ3n) is 6.54. The van der Waals surface area contributed by atoms with Crippen molar-refractivity contribution in [1.82, 2.24) is 15.2 Å². The van der Waals surface area contributed by atoms with Crippen molar-refractivity contribution in [2.75, 3.05) is 20.1 Å². The van der Waals surface area contributed by atoms with Crippen LogP contribution in [0.4, 0.5) is 0 Å². The van der Waals surface area contributed by atoms with Gasteiger partial charge in [0.05, 0.1) is 21.1 Å². The largest absolute Gasteiger partial charge is 0.366 e. The lowest BCUT2D eigenvalue weighted by Gasteiger charge is -2.29. The first-order valence-corrected chi connectivity index (χ1v) is 11.9. The molecule has 34 heavy (non-hydrogen) atoms. The van der Waals surface area contributed by atoms with Crippen LogP contribution in [-0.2, 0) is 0 Å². The maximum atomic E-state index is 13.0. The molecule has 0 unspecified atom stereocenters. The zero-order valence-corrected chi connectivity index (χ0v) is 20.1. The fourth-order valence-electron chi connectivity index (χ4n) is 4.60. The Balaban J connectivity index is 1.58. The molecule has 2 heterocycles. The molecule has 1 saturated heterocycles. The van der Waals surface area contributed by atoms with Crippen LogP contribution in [0.5, 0.6) is 0 Å². The number of nitrogens with two attached hydrogens (primary N) is 1. The first-order valence-electron chi connectivity index (χ1n) is 11.1. The molecule has 6 nitrogen and oxygen atoms in total. The van der Waals surface area contributed by atoms with Gasteiger partial charge >= 0.3 is 0 Å². The number of aromatic nitrogens is 1. The summed E-state index contributed by atoms with van der Waals surface area (Å²) in [6, 6.07) is 14.7. The van der Waals surface area contributed by atoms with E-state index in [1.54, 1.807) is 24.3 Å². The highest BCUT2D eigenvalue weighted by atomic mass is 35.5. The highest BCUT2D eigenvalue weighted by molar-refractivity contribution is 6.42. The molecule has 2 amide bonds. The Bertz CT molecular complexity index is 1440. The lowest BCUT2D eigenvalue weighted by atomic mass is 9.98. The van der Waals surface area contributed by atoms with Gasteiger partial charge in [0, 0.05) is 27.9 Å². The number of carbonyl (C=O) groups is 2. The van der Waals surface area contributed by atoms with Crippen LogP contribution in [0.3, 0.4) is 0 Å². The second kappa shape index (κ2) is 8.95. The summed E-state index contributed by atoms with van der Waals surface area (Å²) >= 11 is 12.3. The van der Waals surface area contributed by atoms with E-state index in [0.717, 1.165) is 53.3 Å². The number of benzene rings is 3. The number of carbonyl (C=O) groups excluding carboxylic acids is 2. The second-order valence-corrected chi connectivity index (χ2v) is 9.69. The summed E-state index contributed by atoms with van der Waals surface area (Å²) in [6.45, 7) is 1.94. The van der Waals surface area contributed by atoms with E-state index in [9.17, 15) is 9.59 Å². The number of hydrogen-bond acceptors (Lipinski definition) is 3. The van der Waals surface area contributed by atoms with Gasteiger partial charge in [-0.05, 0) is 86.6 Å². The summed E-state index contributed by atoms with van der Waals surface area (Å²) in [6.07, 6.45) is 1.87. The summed E-state index contributed by atoms with van der Waals surface area (Å²) < 4.78 is 0. The van der Waals surface area contributed by atoms with Gasteiger partial charge in [0.15, 0.2) is 0 Å². The van der Waals surface area contributed by atoms with E-state index in [1.807, 2.05) is 24.3 Å². The third kappa shape index (κ3) is 4.25. The summed E-state index contributed by atoms with van der Waals surface area (Å²) in [4.78, 5) is 30.9. The van der Waals surface area contributed by atoms with Crippen molar-refractivity contribution in [3.63, 3.8) is 0 Å². The van der Waals surface area contributed by atoms with Crippen molar-refractivity contribution >= 4 is 56.8 Å². The number of hydrogen-bond donors (Lipinski definition) is 3. The molecule has 5 rings (SSSR count). The number of piperidine rings is 1. The molecule has 1 aromatic heterocycles. The smallest absolute Gasteiger partial charge is 0.251 e. The van der Waals surface area contributed by atoms with Gasteiger partial charge in [0.2, 0.25) is 0 Å². The van der Waals surface area contributed by atoms with E-state index >= 15 is 0 Å². The highest BCUT2D eigenvalue weighted by Gasteiger charge is 2.20. The molecule has 1 aliphatic rings. The number of H-pyrrole nitrogens is 1. The quantitative estimate of drug-likeness (QED) is 0.363. The number of rotatable bonds is 4. The first-order chi connectivity index (χ1) is 16.3. The average molecular weight is 495 g/mol. The zero-order valence-electron chi connectivity index (χ0n) is 18.6. The van der Waals surface area contributed by atoms with Gasteiger partial charge in [-0.15, -0.1) is 0 Å². The molecular formula is C26H24Cl2N4O2. The molecule has 1 aliphatic heterocycles. The Morgan fingerprint density at radius 3 is 2.44 bits per heavy atom. The van der Waals surface area contributed by atoms with E-state index in [2.05, 4.69) is 22.2 Å². The van der Waals surface area contributed by atoms with Gasteiger partial charge in [-0.1, -0.05) is 29.3 Å². The molecule has 0 atom stereocenters. The Kier molecular flexibility index (Phi) is 5.98. The van der Waals surface area contributed by atoms with Crippen molar-refractivity contribution in [2.45, 2.75) is 18.9 Å². The minimum atomic E-state index is -0.543. The molecule has 4 N–H and O–H groups in total. The van der Waals surface area contributed by atoms with Gasteiger partial charge in [0.25, 0.3) is 11.8 Å². The molecule has 1 fully saturated rings. The Labute approximate surface area is 207 Å². The molecule has 0 spiro atoms. The summed E-state index contributed by atoms with van der Waals surface area (Å²) in [5.74, 6) is -0.639. The minimum Gasteiger partial charge on any atom is -0.366 e. The molecule has 0 bridgehead atoms. The van der Waals surface area contributed by atoms with Crippen molar-refractivity contribution in [2.24, 2.45) is 5.73 Å². The fraction of sp³-hybridized carbons (Fsp3) is 0.231. The number of aromatic amines is 1. The van der Waals surface area contributed by atoms with Crippen molar-refractivity contribution < 1.29 is 9.59 Å². The molecular weight excluding hydrogens is 471 g/mol. The molecule has 4 aromatic rings. The molecule has 0 aliphatic carbocycles. The number of likely N-dealkylation sites (tertiary alicyclic amines) is 1. The van der Waals surface area contributed by atoms with Gasteiger partial charge in [0.1, 0.15) is 0 Å². The van der Waals surface area contributed by atoms with E-state index in [0.29, 0.717) is 26.7 Å². The Morgan fingerprint density at radius 2 is 1.74 bits per heavy atom. The van der Waals surface area contributed by atoms with Crippen molar-refractivity contribution in [3.8, 4) is 11.1 Å². The molecule has 3 aromatic carbocycles. The summed E-state index contributed by atoms with van der Waals surface area (Å²) in [7, 11) is 2.09. The first kappa shape index (κ1) is 22.7. The highest BCUT2D eigenvalue weighted by Crippen LogP contribution is 2.35. The molecule has 0 saturated carbocycles. The minimum absolute atomic E-state index is 0.0958.